The van der Waals surface area contributed by atoms with Crippen LogP contribution in [0.2, 0.25) is 0 Å². The zero-order valence-electron chi connectivity index (χ0n) is 30.8. The van der Waals surface area contributed by atoms with Gasteiger partial charge in [-0.2, -0.15) is 0 Å². The van der Waals surface area contributed by atoms with Gasteiger partial charge in [-0.25, -0.2) is 4.79 Å². The number of amides is 4. The minimum atomic E-state index is -0.769. The molecule has 10 heteroatoms. The summed E-state index contributed by atoms with van der Waals surface area (Å²) in [6.45, 7) is 11.7. The summed E-state index contributed by atoms with van der Waals surface area (Å²) >= 11 is 0. The first kappa shape index (κ1) is 37.4. The predicted molar refractivity (Wildman–Crippen MR) is 199 cm³/mol. The van der Waals surface area contributed by atoms with E-state index in [0.29, 0.717) is 26.1 Å². The highest BCUT2D eigenvalue weighted by molar-refractivity contribution is 5.92. The number of hydrogen-bond acceptors (Lipinski definition) is 6. The summed E-state index contributed by atoms with van der Waals surface area (Å²) in [5.74, 6) is -0.622. The third-order valence-electron chi connectivity index (χ3n) is 10.2. The molecule has 2 heterocycles. The maximum absolute atomic E-state index is 13.4. The lowest BCUT2D eigenvalue weighted by Crippen LogP contribution is -2.55. The van der Waals surface area contributed by atoms with Crippen molar-refractivity contribution in [1.29, 1.82) is 0 Å². The summed E-state index contributed by atoms with van der Waals surface area (Å²) in [4.78, 5) is 53.6. The molecule has 5 rings (SSSR count). The lowest BCUT2D eigenvalue weighted by atomic mass is 9.87. The van der Waals surface area contributed by atoms with Gasteiger partial charge in [0, 0.05) is 25.3 Å². The highest BCUT2D eigenvalue weighted by atomic mass is 16.5. The Bertz CT molecular complexity index is 1650. The molecule has 2 aliphatic rings. The van der Waals surface area contributed by atoms with Crippen molar-refractivity contribution in [2.24, 2.45) is 5.92 Å². The fraction of sp³-hybridized carbons (Fsp3) is 0.463. The topological polar surface area (TPSA) is 120 Å². The number of carbonyl (C=O) groups excluding carboxylic acids is 4. The van der Waals surface area contributed by atoms with Gasteiger partial charge >= 0.3 is 6.09 Å². The van der Waals surface area contributed by atoms with Gasteiger partial charge in [0.15, 0.2) is 0 Å². The van der Waals surface area contributed by atoms with Gasteiger partial charge in [-0.05, 0) is 77.0 Å². The molecule has 0 aromatic heterocycles. The molecule has 0 saturated carbocycles. The van der Waals surface area contributed by atoms with Crippen LogP contribution in [0.5, 0.6) is 0 Å². The van der Waals surface area contributed by atoms with Crippen molar-refractivity contribution >= 4 is 30.0 Å². The van der Waals surface area contributed by atoms with Gasteiger partial charge in [0.25, 0.3) is 0 Å². The standard InChI is InChI=1S/C41H53N5O5/c1-27(2)37(44-40(50)51-6)39(49)45-23-7-8-36(45)38(48)43-25-29-11-15-31(16-12-29)35-22-21-34(30-13-9-28(10-14-30)24-42-26-47)46(35)33-19-17-32(18-20-33)41(3,4)5/h9-20,26-27,34-37H,7-8,21-25H2,1-6H3,(H,42,47)(H,43,48)(H,44,50)/t34?,35?,36-,37-/m0/s1. The quantitative estimate of drug-likeness (QED) is 0.192. The molecule has 4 amide bonds. The number of carbonyl (C=O) groups is 4. The van der Waals surface area contributed by atoms with Gasteiger partial charge < -0.3 is 30.5 Å². The van der Waals surface area contributed by atoms with Gasteiger partial charge in [0.1, 0.15) is 12.1 Å². The molecule has 2 fully saturated rings. The molecule has 2 unspecified atom stereocenters. The number of nitrogens with zero attached hydrogens (tertiary/aromatic N) is 2. The van der Waals surface area contributed by atoms with Gasteiger partial charge in [0.05, 0.1) is 19.2 Å². The first-order valence-electron chi connectivity index (χ1n) is 18.1. The zero-order chi connectivity index (χ0) is 36.7. The number of methoxy groups -OCH3 is 1. The van der Waals surface area contributed by atoms with Crippen LogP contribution in [0.25, 0.3) is 0 Å². The first-order valence-corrected chi connectivity index (χ1v) is 18.1. The SMILES string of the molecule is COC(=O)N[C@H](C(=O)N1CCC[C@H]1C(=O)NCc1ccc(C2CCC(c3ccc(CNC=O)cc3)N2c2ccc(C(C)(C)C)cc2)cc1)C(C)C. The van der Waals surface area contributed by atoms with Crippen molar-refractivity contribution in [2.75, 3.05) is 18.6 Å². The number of hydrogen-bond donors (Lipinski definition) is 3. The molecule has 0 aliphatic carbocycles. The molecule has 2 saturated heterocycles. The number of benzene rings is 3. The van der Waals surface area contributed by atoms with Crippen LogP contribution in [-0.2, 0) is 37.6 Å². The minimum Gasteiger partial charge on any atom is -0.453 e. The van der Waals surface area contributed by atoms with Crippen LogP contribution in [0.15, 0.2) is 72.8 Å². The van der Waals surface area contributed by atoms with Crippen LogP contribution in [0.1, 0.15) is 100 Å². The zero-order valence-corrected chi connectivity index (χ0v) is 30.8. The normalized spacial score (nSPS) is 19.5. The molecular formula is C41H53N5O5. The van der Waals surface area contributed by atoms with E-state index < -0.39 is 18.2 Å². The van der Waals surface area contributed by atoms with E-state index in [-0.39, 0.29) is 35.2 Å². The fourth-order valence-electron chi connectivity index (χ4n) is 7.32. The van der Waals surface area contributed by atoms with Crippen LogP contribution >= 0.6 is 0 Å². The summed E-state index contributed by atoms with van der Waals surface area (Å²) < 4.78 is 4.72. The number of alkyl carbamates (subject to hydrolysis) is 1. The third-order valence-corrected chi connectivity index (χ3v) is 10.2. The van der Waals surface area contributed by atoms with Crippen LogP contribution in [0.3, 0.4) is 0 Å². The summed E-state index contributed by atoms with van der Waals surface area (Å²) in [6.07, 6.45) is 3.34. The Kier molecular flexibility index (Phi) is 12.1. The highest BCUT2D eigenvalue weighted by Gasteiger charge is 2.39. The molecule has 272 valence electrons. The number of anilines is 1. The molecule has 2 aliphatic heterocycles. The largest absolute Gasteiger partial charge is 0.453 e. The average Bonchev–Trinajstić information content (AvgIpc) is 3.80. The molecular weight excluding hydrogens is 642 g/mol. The average molecular weight is 696 g/mol. The smallest absolute Gasteiger partial charge is 0.407 e. The van der Waals surface area contributed by atoms with E-state index in [9.17, 15) is 19.2 Å². The van der Waals surface area contributed by atoms with Crippen molar-refractivity contribution in [2.45, 2.75) is 103 Å². The van der Waals surface area contributed by atoms with E-state index in [1.54, 1.807) is 4.90 Å². The molecule has 51 heavy (non-hydrogen) atoms. The second-order valence-electron chi connectivity index (χ2n) is 15.1. The van der Waals surface area contributed by atoms with Crippen molar-refractivity contribution in [3.05, 3.63) is 101 Å². The van der Waals surface area contributed by atoms with Gasteiger partial charge in [-0.3, -0.25) is 14.4 Å². The Balaban J connectivity index is 1.29. The van der Waals surface area contributed by atoms with Crippen molar-refractivity contribution < 1.29 is 23.9 Å². The second kappa shape index (κ2) is 16.4. The Hall–Kier alpha value is -4.86. The first-order chi connectivity index (χ1) is 24.4. The predicted octanol–water partition coefficient (Wildman–Crippen LogP) is 6.30. The molecule has 3 N–H and O–H groups in total. The summed E-state index contributed by atoms with van der Waals surface area (Å²) in [5.41, 5.74) is 7.02. The Morgan fingerprint density at radius 1 is 0.843 bits per heavy atom. The Morgan fingerprint density at radius 2 is 1.41 bits per heavy atom. The van der Waals surface area contributed by atoms with Crippen molar-refractivity contribution in [3.63, 3.8) is 0 Å². The minimum absolute atomic E-state index is 0.0583. The van der Waals surface area contributed by atoms with Crippen LogP contribution < -0.4 is 20.9 Å². The van der Waals surface area contributed by atoms with Crippen molar-refractivity contribution in [1.82, 2.24) is 20.9 Å². The van der Waals surface area contributed by atoms with E-state index in [4.69, 9.17) is 4.74 Å². The number of likely N-dealkylation sites (tertiary alicyclic amines) is 1. The highest BCUT2D eigenvalue weighted by Crippen LogP contribution is 2.47. The van der Waals surface area contributed by atoms with E-state index >= 15 is 0 Å². The molecule has 10 nitrogen and oxygen atoms in total. The van der Waals surface area contributed by atoms with Crippen molar-refractivity contribution in [3.8, 4) is 0 Å². The lowest BCUT2D eigenvalue weighted by Gasteiger charge is -2.34. The Morgan fingerprint density at radius 3 is 1.92 bits per heavy atom. The molecule has 4 atom stereocenters. The third kappa shape index (κ3) is 8.90. The maximum atomic E-state index is 13.4. The monoisotopic (exact) mass is 695 g/mol. The molecule has 0 radical (unpaired) electrons. The molecule has 0 spiro atoms. The summed E-state index contributed by atoms with van der Waals surface area (Å²) in [5, 5.41) is 8.43. The maximum Gasteiger partial charge on any atom is 0.407 e. The van der Waals surface area contributed by atoms with Gasteiger partial charge in [-0.15, -0.1) is 0 Å². The van der Waals surface area contributed by atoms with Gasteiger partial charge in [-0.1, -0.05) is 95.3 Å². The van der Waals surface area contributed by atoms with Gasteiger partial charge in [0.2, 0.25) is 18.2 Å². The van der Waals surface area contributed by atoms with Crippen LogP contribution in [-0.4, -0.2) is 55.0 Å². The summed E-state index contributed by atoms with van der Waals surface area (Å²) in [7, 11) is 1.26. The van der Waals surface area contributed by atoms with Crippen LogP contribution in [0, 0.1) is 5.92 Å². The summed E-state index contributed by atoms with van der Waals surface area (Å²) in [6, 6.07) is 25.0. The van der Waals surface area contributed by atoms with E-state index in [1.165, 1.54) is 29.5 Å². The van der Waals surface area contributed by atoms with Crippen LogP contribution in [0.4, 0.5) is 10.5 Å². The van der Waals surface area contributed by atoms with E-state index in [1.807, 2.05) is 13.8 Å². The molecule has 0 bridgehead atoms. The number of nitrogens with one attached hydrogen (secondary N) is 3. The Labute approximate surface area is 302 Å². The fourth-order valence-corrected chi connectivity index (χ4v) is 7.32. The molecule has 3 aromatic carbocycles. The number of ether oxygens (including phenoxy) is 1. The van der Waals surface area contributed by atoms with E-state index in [0.717, 1.165) is 36.8 Å². The van der Waals surface area contributed by atoms with E-state index in [2.05, 4.69) is 114 Å². The lowest BCUT2D eigenvalue weighted by molar-refractivity contribution is -0.140. The molecule has 3 aromatic rings. The number of rotatable bonds is 12. The second-order valence-corrected chi connectivity index (χ2v) is 15.1.